The van der Waals surface area contributed by atoms with Gasteiger partial charge in [0, 0.05) is 6.42 Å². The van der Waals surface area contributed by atoms with Gasteiger partial charge in [0.1, 0.15) is 5.76 Å². The molecule has 1 aromatic carbocycles. The minimum Gasteiger partial charge on any atom is -0.469 e. The van der Waals surface area contributed by atoms with Gasteiger partial charge in [-0.05, 0) is 31.2 Å². The molecule has 0 aliphatic heterocycles. The Bertz CT molecular complexity index is 868. The van der Waals surface area contributed by atoms with Crippen LogP contribution in [-0.4, -0.2) is 15.9 Å². The second-order valence-electron chi connectivity index (χ2n) is 5.18. The number of nitrogens with one attached hydrogen (secondary N) is 1. The molecule has 0 aliphatic rings. The molecule has 0 spiro atoms. The lowest BCUT2D eigenvalue weighted by Gasteiger charge is -2.12. The SMILES string of the molecule is C[C@H](OC(=O)CCc1ccco1)c1nc2ccccc2c(=O)[nH]1. The number of ether oxygens (including phenoxy) is 1. The van der Waals surface area contributed by atoms with E-state index in [4.69, 9.17) is 9.15 Å². The molecule has 0 fully saturated rings. The van der Waals surface area contributed by atoms with Crippen LogP contribution in [0.5, 0.6) is 0 Å². The first kappa shape index (κ1) is 15.0. The molecule has 1 N–H and O–H groups in total. The van der Waals surface area contributed by atoms with Gasteiger partial charge in [0.15, 0.2) is 11.9 Å². The number of esters is 1. The maximum atomic E-state index is 12.0. The molecule has 118 valence electrons. The van der Waals surface area contributed by atoms with Crippen LogP contribution in [0.3, 0.4) is 0 Å². The van der Waals surface area contributed by atoms with Crippen LogP contribution in [0.4, 0.5) is 0 Å². The predicted molar refractivity (Wildman–Crippen MR) is 83.9 cm³/mol. The highest BCUT2D eigenvalue weighted by molar-refractivity contribution is 5.77. The van der Waals surface area contributed by atoms with E-state index in [2.05, 4.69) is 9.97 Å². The van der Waals surface area contributed by atoms with Crippen LogP contribution in [0, 0.1) is 0 Å². The zero-order chi connectivity index (χ0) is 16.2. The molecule has 6 heteroatoms. The average Bonchev–Trinajstić information content (AvgIpc) is 3.06. The van der Waals surface area contributed by atoms with E-state index in [0.717, 1.165) is 5.76 Å². The molecule has 0 saturated heterocycles. The molecular weight excluding hydrogens is 296 g/mol. The van der Waals surface area contributed by atoms with Crippen molar-refractivity contribution in [1.29, 1.82) is 0 Å². The fourth-order valence-corrected chi connectivity index (χ4v) is 2.29. The molecule has 0 bridgehead atoms. The third-order valence-electron chi connectivity index (χ3n) is 3.48. The van der Waals surface area contributed by atoms with Crippen molar-refractivity contribution in [2.45, 2.75) is 25.9 Å². The van der Waals surface area contributed by atoms with E-state index >= 15 is 0 Å². The number of benzene rings is 1. The number of H-pyrrole nitrogens is 1. The van der Waals surface area contributed by atoms with E-state index in [0.29, 0.717) is 23.1 Å². The van der Waals surface area contributed by atoms with Crippen LogP contribution in [0.2, 0.25) is 0 Å². The van der Waals surface area contributed by atoms with Crippen molar-refractivity contribution >= 4 is 16.9 Å². The van der Waals surface area contributed by atoms with Crippen LogP contribution in [0.15, 0.2) is 51.9 Å². The lowest BCUT2D eigenvalue weighted by atomic mass is 10.2. The van der Waals surface area contributed by atoms with Gasteiger partial charge in [-0.25, -0.2) is 4.98 Å². The Morgan fingerprint density at radius 3 is 2.91 bits per heavy atom. The minimum atomic E-state index is -0.628. The minimum absolute atomic E-state index is 0.204. The van der Waals surface area contributed by atoms with E-state index < -0.39 is 6.10 Å². The number of aromatic nitrogens is 2. The summed E-state index contributed by atoms with van der Waals surface area (Å²) in [6.07, 6.45) is 1.61. The number of carbonyl (C=O) groups is 1. The van der Waals surface area contributed by atoms with Crippen LogP contribution >= 0.6 is 0 Å². The molecule has 23 heavy (non-hydrogen) atoms. The first-order valence-corrected chi connectivity index (χ1v) is 7.34. The number of aryl methyl sites for hydroxylation is 1. The van der Waals surface area contributed by atoms with Gasteiger partial charge in [-0.15, -0.1) is 0 Å². The van der Waals surface area contributed by atoms with Gasteiger partial charge < -0.3 is 14.1 Å². The Hall–Kier alpha value is -2.89. The van der Waals surface area contributed by atoms with Gasteiger partial charge in [-0.3, -0.25) is 9.59 Å². The summed E-state index contributed by atoms with van der Waals surface area (Å²) < 4.78 is 10.5. The Morgan fingerprint density at radius 2 is 2.13 bits per heavy atom. The quantitative estimate of drug-likeness (QED) is 0.732. The molecule has 0 aliphatic carbocycles. The lowest BCUT2D eigenvalue weighted by Crippen LogP contribution is -2.17. The number of furan rings is 1. The number of rotatable bonds is 5. The van der Waals surface area contributed by atoms with Crippen LogP contribution < -0.4 is 5.56 Å². The summed E-state index contributed by atoms with van der Waals surface area (Å²) in [4.78, 5) is 30.9. The Kier molecular flexibility index (Phi) is 4.23. The third-order valence-corrected chi connectivity index (χ3v) is 3.48. The predicted octanol–water partition coefficient (Wildman–Crippen LogP) is 2.75. The maximum absolute atomic E-state index is 12.0. The summed E-state index contributed by atoms with van der Waals surface area (Å²) in [7, 11) is 0. The zero-order valence-electron chi connectivity index (χ0n) is 12.6. The molecule has 0 saturated carbocycles. The second kappa shape index (κ2) is 6.48. The average molecular weight is 312 g/mol. The fourth-order valence-electron chi connectivity index (χ4n) is 2.29. The number of aromatic amines is 1. The summed E-state index contributed by atoms with van der Waals surface area (Å²) in [6, 6.07) is 10.6. The topological polar surface area (TPSA) is 85.2 Å². The first-order valence-electron chi connectivity index (χ1n) is 7.34. The zero-order valence-corrected chi connectivity index (χ0v) is 12.6. The first-order chi connectivity index (χ1) is 11.1. The van der Waals surface area contributed by atoms with E-state index in [1.54, 1.807) is 49.6 Å². The number of fused-ring (bicyclic) bond motifs is 1. The molecule has 6 nitrogen and oxygen atoms in total. The monoisotopic (exact) mass is 312 g/mol. The lowest BCUT2D eigenvalue weighted by molar-refractivity contribution is -0.149. The highest BCUT2D eigenvalue weighted by atomic mass is 16.5. The molecule has 0 unspecified atom stereocenters. The number of hydrogen-bond acceptors (Lipinski definition) is 5. The molecule has 2 aromatic heterocycles. The van der Waals surface area contributed by atoms with Gasteiger partial charge >= 0.3 is 5.97 Å². The standard InChI is InChI=1S/C17H16N2O4/c1-11(23-15(20)9-8-12-5-4-10-22-12)16-18-14-7-3-2-6-13(14)17(21)19-16/h2-7,10-11H,8-9H2,1H3,(H,18,19,21)/t11-/m0/s1. The Morgan fingerprint density at radius 1 is 1.30 bits per heavy atom. The summed E-state index contributed by atoms with van der Waals surface area (Å²) in [5.74, 6) is 0.691. The normalized spacial score (nSPS) is 12.2. The summed E-state index contributed by atoms with van der Waals surface area (Å²) in [5.41, 5.74) is 0.328. The van der Waals surface area contributed by atoms with Gasteiger partial charge in [-0.1, -0.05) is 12.1 Å². The Balaban J connectivity index is 1.69. The molecule has 0 radical (unpaired) electrons. The van der Waals surface area contributed by atoms with Crippen molar-refractivity contribution in [2.75, 3.05) is 0 Å². The van der Waals surface area contributed by atoms with Crippen molar-refractivity contribution in [1.82, 2.24) is 9.97 Å². The summed E-state index contributed by atoms with van der Waals surface area (Å²) in [6.45, 7) is 1.68. The second-order valence-corrected chi connectivity index (χ2v) is 5.18. The molecule has 3 aromatic rings. The highest BCUT2D eigenvalue weighted by Gasteiger charge is 2.15. The van der Waals surface area contributed by atoms with Gasteiger partial charge in [0.05, 0.1) is 23.6 Å². The van der Waals surface area contributed by atoms with Crippen molar-refractivity contribution in [3.8, 4) is 0 Å². The van der Waals surface area contributed by atoms with E-state index in [1.807, 2.05) is 0 Å². The van der Waals surface area contributed by atoms with E-state index in [1.165, 1.54) is 0 Å². The number of hydrogen-bond donors (Lipinski definition) is 1. The molecule has 0 amide bonds. The largest absolute Gasteiger partial charge is 0.469 e. The fraction of sp³-hybridized carbons (Fsp3) is 0.235. The molecule has 3 rings (SSSR count). The van der Waals surface area contributed by atoms with E-state index in [9.17, 15) is 9.59 Å². The molecule has 2 heterocycles. The summed E-state index contributed by atoms with van der Waals surface area (Å²) >= 11 is 0. The molecule has 1 atom stereocenters. The van der Waals surface area contributed by atoms with Gasteiger partial charge in [0.2, 0.25) is 0 Å². The van der Waals surface area contributed by atoms with Crippen LogP contribution in [-0.2, 0) is 16.0 Å². The summed E-state index contributed by atoms with van der Waals surface area (Å²) in [5, 5.41) is 0.507. The van der Waals surface area contributed by atoms with Crippen molar-refractivity contribution in [2.24, 2.45) is 0 Å². The number of nitrogens with zero attached hydrogens (tertiary/aromatic N) is 1. The van der Waals surface area contributed by atoms with Crippen molar-refractivity contribution in [3.05, 3.63) is 64.6 Å². The van der Waals surface area contributed by atoms with Crippen LogP contribution in [0.25, 0.3) is 10.9 Å². The number of carbonyl (C=O) groups excluding carboxylic acids is 1. The van der Waals surface area contributed by atoms with Gasteiger partial charge in [-0.2, -0.15) is 0 Å². The third kappa shape index (κ3) is 3.48. The Labute approximate surface area is 132 Å². The highest BCUT2D eigenvalue weighted by Crippen LogP contribution is 2.15. The maximum Gasteiger partial charge on any atom is 0.306 e. The number of para-hydroxylation sites is 1. The smallest absolute Gasteiger partial charge is 0.306 e. The van der Waals surface area contributed by atoms with Crippen LogP contribution in [0.1, 0.15) is 31.0 Å². The van der Waals surface area contributed by atoms with E-state index in [-0.39, 0.29) is 17.9 Å². The van der Waals surface area contributed by atoms with Crippen molar-refractivity contribution < 1.29 is 13.9 Å². The van der Waals surface area contributed by atoms with Crippen molar-refractivity contribution in [3.63, 3.8) is 0 Å². The molecular formula is C17H16N2O4. The van der Waals surface area contributed by atoms with Gasteiger partial charge in [0.25, 0.3) is 5.56 Å².